The standard InChI is InChI=1S/C17H18N4O5/c1-25-15-8-9-16(19-18-15)26-14-3-2-10-20(11-14)17(22)12-4-6-13(7-5-12)21(23)24/h4-9,14H,2-3,10-11H2,1H3. The van der Waals surface area contributed by atoms with Gasteiger partial charge in [0.25, 0.3) is 11.6 Å². The fourth-order valence-corrected chi connectivity index (χ4v) is 2.78. The fourth-order valence-electron chi connectivity index (χ4n) is 2.78. The van der Waals surface area contributed by atoms with Gasteiger partial charge in [-0.25, -0.2) is 0 Å². The number of carbonyl (C=O) groups is 1. The average molecular weight is 358 g/mol. The number of likely N-dealkylation sites (tertiary alicyclic amines) is 1. The van der Waals surface area contributed by atoms with Crippen molar-refractivity contribution in [1.29, 1.82) is 0 Å². The van der Waals surface area contributed by atoms with Crippen molar-refractivity contribution in [2.75, 3.05) is 20.2 Å². The van der Waals surface area contributed by atoms with E-state index in [1.807, 2.05) is 0 Å². The zero-order valence-corrected chi connectivity index (χ0v) is 14.2. The number of hydrogen-bond donors (Lipinski definition) is 0. The molecule has 1 aliphatic heterocycles. The Kier molecular flexibility index (Phi) is 5.26. The van der Waals surface area contributed by atoms with Crippen molar-refractivity contribution >= 4 is 11.6 Å². The van der Waals surface area contributed by atoms with Crippen molar-refractivity contribution in [1.82, 2.24) is 15.1 Å². The first-order chi connectivity index (χ1) is 12.6. The van der Waals surface area contributed by atoms with Crippen molar-refractivity contribution in [3.63, 3.8) is 0 Å². The number of hydrogen-bond acceptors (Lipinski definition) is 7. The molecular weight excluding hydrogens is 340 g/mol. The SMILES string of the molecule is COc1ccc(OC2CCCN(C(=O)c3ccc([N+](=O)[O-])cc3)C2)nn1. The molecule has 26 heavy (non-hydrogen) atoms. The molecule has 1 aromatic heterocycles. The number of non-ortho nitro benzene ring substituents is 1. The number of rotatable bonds is 5. The molecule has 2 aromatic rings. The number of carbonyl (C=O) groups excluding carboxylic acids is 1. The van der Waals surface area contributed by atoms with Gasteiger partial charge in [-0.2, -0.15) is 0 Å². The van der Waals surface area contributed by atoms with Crippen LogP contribution in [0.15, 0.2) is 36.4 Å². The van der Waals surface area contributed by atoms with E-state index < -0.39 is 4.92 Å². The first-order valence-electron chi connectivity index (χ1n) is 8.15. The van der Waals surface area contributed by atoms with Crippen LogP contribution in [0.25, 0.3) is 0 Å². The molecule has 0 saturated carbocycles. The minimum atomic E-state index is -0.491. The van der Waals surface area contributed by atoms with E-state index >= 15 is 0 Å². The fraction of sp³-hybridized carbons (Fsp3) is 0.353. The van der Waals surface area contributed by atoms with Gasteiger partial charge in [0, 0.05) is 36.4 Å². The monoisotopic (exact) mass is 358 g/mol. The van der Waals surface area contributed by atoms with Crippen LogP contribution in [-0.2, 0) is 0 Å². The summed E-state index contributed by atoms with van der Waals surface area (Å²) in [5.41, 5.74) is 0.375. The highest BCUT2D eigenvalue weighted by molar-refractivity contribution is 5.94. The molecule has 0 radical (unpaired) electrons. The number of nitro groups is 1. The maximum absolute atomic E-state index is 12.6. The minimum absolute atomic E-state index is 0.0421. The molecular formula is C17H18N4O5. The highest BCUT2D eigenvalue weighted by Gasteiger charge is 2.26. The summed E-state index contributed by atoms with van der Waals surface area (Å²) < 4.78 is 10.8. The molecule has 1 atom stereocenters. The van der Waals surface area contributed by atoms with Crippen molar-refractivity contribution in [3.8, 4) is 11.8 Å². The summed E-state index contributed by atoms with van der Waals surface area (Å²) >= 11 is 0. The van der Waals surface area contributed by atoms with Gasteiger partial charge in [-0.3, -0.25) is 14.9 Å². The topological polar surface area (TPSA) is 108 Å². The van der Waals surface area contributed by atoms with E-state index in [1.54, 1.807) is 17.0 Å². The van der Waals surface area contributed by atoms with Crippen LogP contribution in [0.5, 0.6) is 11.8 Å². The second-order valence-electron chi connectivity index (χ2n) is 5.85. The van der Waals surface area contributed by atoms with E-state index in [-0.39, 0.29) is 17.7 Å². The third-order valence-electron chi connectivity index (χ3n) is 4.10. The third kappa shape index (κ3) is 4.05. The van der Waals surface area contributed by atoms with Crippen molar-refractivity contribution in [2.45, 2.75) is 18.9 Å². The maximum atomic E-state index is 12.6. The Bertz CT molecular complexity index is 779. The normalized spacial score (nSPS) is 16.8. The van der Waals surface area contributed by atoms with Gasteiger partial charge < -0.3 is 14.4 Å². The van der Waals surface area contributed by atoms with Crippen LogP contribution in [0.4, 0.5) is 5.69 Å². The molecule has 1 aromatic carbocycles. The lowest BCUT2D eigenvalue weighted by molar-refractivity contribution is -0.384. The number of aromatic nitrogens is 2. The molecule has 0 aliphatic carbocycles. The van der Waals surface area contributed by atoms with Crippen LogP contribution in [0, 0.1) is 10.1 Å². The number of benzene rings is 1. The summed E-state index contributed by atoms with van der Waals surface area (Å²) in [6.07, 6.45) is 1.42. The van der Waals surface area contributed by atoms with E-state index in [4.69, 9.17) is 9.47 Å². The Labute approximate surface area is 149 Å². The molecule has 1 fully saturated rings. The first-order valence-corrected chi connectivity index (χ1v) is 8.15. The Morgan fingerprint density at radius 1 is 1.19 bits per heavy atom. The zero-order valence-electron chi connectivity index (χ0n) is 14.2. The Balaban J connectivity index is 1.63. The summed E-state index contributed by atoms with van der Waals surface area (Å²) in [5.74, 6) is 0.602. The van der Waals surface area contributed by atoms with Crippen LogP contribution in [0.3, 0.4) is 0 Å². The smallest absolute Gasteiger partial charge is 0.269 e. The van der Waals surface area contributed by atoms with E-state index in [9.17, 15) is 14.9 Å². The lowest BCUT2D eigenvalue weighted by atomic mass is 10.1. The number of piperidine rings is 1. The average Bonchev–Trinajstić information content (AvgIpc) is 2.68. The molecule has 0 N–H and O–H groups in total. The number of ether oxygens (including phenoxy) is 2. The number of methoxy groups -OCH3 is 1. The minimum Gasteiger partial charge on any atom is -0.480 e. The van der Waals surface area contributed by atoms with Gasteiger partial charge in [0.1, 0.15) is 6.10 Å². The quantitative estimate of drug-likeness (QED) is 0.595. The number of amides is 1. The Morgan fingerprint density at radius 2 is 1.88 bits per heavy atom. The Morgan fingerprint density at radius 3 is 2.50 bits per heavy atom. The predicted octanol–water partition coefficient (Wildman–Crippen LogP) is 2.08. The molecule has 3 rings (SSSR count). The summed E-state index contributed by atoms with van der Waals surface area (Å²) in [6, 6.07) is 8.93. The second kappa shape index (κ2) is 7.77. The second-order valence-corrected chi connectivity index (χ2v) is 5.85. The molecule has 9 nitrogen and oxygen atoms in total. The van der Waals surface area contributed by atoms with E-state index in [1.165, 1.54) is 31.4 Å². The van der Waals surface area contributed by atoms with Crippen LogP contribution in [0.1, 0.15) is 23.2 Å². The molecule has 1 aliphatic rings. The van der Waals surface area contributed by atoms with Gasteiger partial charge in [0.2, 0.25) is 11.8 Å². The van der Waals surface area contributed by atoms with Crippen LogP contribution >= 0.6 is 0 Å². The van der Waals surface area contributed by atoms with Gasteiger partial charge in [0.05, 0.1) is 18.6 Å². The van der Waals surface area contributed by atoms with Gasteiger partial charge in [0.15, 0.2) is 0 Å². The summed E-state index contributed by atoms with van der Waals surface area (Å²) in [4.78, 5) is 24.5. The summed E-state index contributed by atoms with van der Waals surface area (Å²) in [6.45, 7) is 1.04. The molecule has 1 unspecified atom stereocenters. The highest BCUT2D eigenvalue weighted by atomic mass is 16.6. The van der Waals surface area contributed by atoms with Crippen molar-refractivity contribution in [3.05, 3.63) is 52.1 Å². The van der Waals surface area contributed by atoms with E-state index in [2.05, 4.69) is 10.2 Å². The van der Waals surface area contributed by atoms with Crippen LogP contribution in [0.2, 0.25) is 0 Å². The molecule has 136 valence electrons. The van der Waals surface area contributed by atoms with Crippen LogP contribution < -0.4 is 9.47 Å². The van der Waals surface area contributed by atoms with Crippen molar-refractivity contribution < 1.29 is 19.2 Å². The van der Waals surface area contributed by atoms with Gasteiger partial charge in [-0.1, -0.05) is 0 Å². The summed E-state index contributed by atoms with van der Waals surface area (Å²) in [7, 11) is 1.51. The third-order valence-corrected chi connectivity index (χ3v) is 4.10. The number of nitro benzene ring substituents is 1. The van der Waals surface area contributed by atoms with Crippen molar-refractivity contribution in [2.24, 2.45) is 0 Å². The lowest BCUT2D eigenvalue weighted by Gasteiger charge is -2.32. The van der Waals surface area contributed by atoms with E-state index in [0.29, 0.717) is 30.4 Å². The van der Waals surface area contributed by atoms with Crippen LogP contribution in [-0.4, -0.2) is 52.2 Å². The van der Waals surface area contributed by atoms with E-state index in [0.717, 1.165) is 12.8 Å². The predicted molar refractivity (Wildman–Crippen MR) is 91.2 cm³/mol. The molecule has 9 heteroatoms. The molecule has 0 bridgehead atoms. The van der Waals surface area contributed by atoms with Gasteiger partial charge in [-0.05, 0) is 25.0 Å². The number of nitrogens with zero attached hydrogens (tertiary/aromatic N) is 4. The molecule has 0 spiro atoms. The lowest BCUT2D eigenvalue weighted by Crippen LogP contribution is -2.44. The molecule has 1 saturated heterocycles. The summed E-state index contributed by atoms with van der Waals surface area (Å²) in [5, 5.41) is 18.5. The van der Waals surface area contributed by atoms with Gasteiger partial charge >= 0.3 is 0 Å². The molecule has 1 amide bonds. The Hall–Kier alpha value is -3.23. The highest BCUT2D eigenvalue weighted by Crippen LogP contribution is 2.20. The largest absolute Gasteiger partial charge is 0.480 e. The first kappa shape index (κ1) is 17.6. The van der Waals surface area contributed by atoms with Gasteiger partial charge in [-0.15, -0.1) is 10.2 Å². The maximum Gasteiger partial charge on any atom is 0.269 e. The molecule has 2 heterocycles. The zero-order chi connectivity index (χ0) is 18.5.